The maximum atomic E-state index is 9.29. The fraction of sp³-hybridized carbons (Fsp3) is 0.500. The lowest BCUT2D eigenvalue weighted by atomic mass is 9.96. The molecule has 0 bridgehead atoms. The van der Waals surface area contributed by atoms with Gasteiger partial charge in [0, 0.05) is 25.0 Å². The summed E-state index contributed by atoms with van der Waals surface area (Å²) in [6.45, 7) is 9.13. The van der Waals surface area contributed by atoms with Crippen molar-refractivity contribution in [3.8, 4) is 16.3 Å². The van der Waals surface area contributed by atoms with Crippen LogP contribution in [-0.4, -0.2) is 41.8 Å². The second-order valence-corrected chi connectivity index (χ2v) is 7.70. The van der Waals surface area contributed by atoms with E-state index in [0.29, 0.717) is 6.54 Å². The zero-order valence-electron chi connectivity index (χ0n) is 14.4. The minimum atomic E-state index is 0.166. The molecule has 2 rings (SSSR count). The van der Waals surface area contributed by atoms with Crippen molar-refractivity contribution in [3.63, 3.8) is 0 Å². The number of rotatable bonds is 7. The van der Waals surface area contributed by atoms with Crippen molar-refractivity contribution < 1.29 is 9.84 Å². The van der Waals surface area contributed by atoms with E-state index in [1.807, 2.05) is 24.3 Å². The van der Waals surface area contributed by atoms with Gasteiger partial charge in [0.05, 0.1) is 25.0 Å². The first-order valence-corrected chi connectivity index (χ1v) is 8.72. The number of aliphatic hydroxyl groups is 1. The highest BCUT2D eigenvalue weighted by atomic mass is 32.1. The molecule has 1 aromatic carbocycles. The van der Waals surface area contributed by atoms with E-state index in [0.717, 1.165) is 35.1 Å². The van der Waals surface area contributed by atoms with Gasteiger partial charge in [-0.15, -0.1) is 11.3 Å². The van der Waals surface area contributed by atoms with Gasteiger partial charge in [0.15, 0.2) is 0 Å². The van der Waals surface area contributed by atoms with Gasteiger partial charge in [-0.3, -0.25) is 4.90 Å². The Morgan fingerprint density at radius 2 is 2.00 bits per heavy atom. The van der Waals surface area contributed by atoms with Crippen LogP contribution in [0.5, 0.6) is 5.75 Å². The standard InChI is InChI=1S/C18H26N2O2S/c1-18(2,3)13-20(9-10-21)11-14-12-23-17(19-14)15-7-5-6-8-16(15)22-4/h5-8,12,21H,9-11,13H2,1-4H3. The van der Waals surface area contributed by atoms with Crippen molar-refractivity contribution in [2.24, 2.45) is 5.41 Å². The number of methoxy groups -OCH3 is 1. The van der Waals surface area contributed by atoms with Crippen molar-refractivity contribution in [2.75, 3.05) is 26.8 Å². The summed E-state index contributed by atoms with van der Waals surface area (Å²) in [6.07, 6.45) is 0. The van der Waals surface area contributed by atoms with Crippen LogP contribution in [0.1, 0.15) is 26.5 Å². The smallest absolute Gasteiger partial charge is 0.129 e. The minimum Gasteiger partial charge on any atom is -0.496 e. The Morgan fingerprint density at radius 1 is 1.26 bits per heavy atom. The Morgan fingerprint density at radius 3 is 2.65 bits per heavy atom. The summed E-state index contributed by atoms with van der Waals surface area (Å²) in [7, 11) is 1.68. The molecule has 4 nitrogen and oxygen atoms in total. The third-order valence-electron chi connectivity index (χ3n) is 3.39. The third kappa shape index (κ3) is 5.30. The fourth-order valence-electron chi connectivity index (χ4n) is 2.58. The molecule has 126 valence electrons. The Balaban J connectivity index is 2.14. The normalized spacial score (nSPS) is 11.9. The topological polar surface area (TPSA) is 45.6 Å². The molecule has 2 aromatic rings. The van der Waals surface area contributed by atoms with Crippen LogP contribution in [0.3, 0.4) is 0 Å². The number of benzene rings is 1. The summed E-state index contributed by atoms with van der Waals surface area (Å²) >= 11 is 1.63. The number of para-hydroxylation sites is 1. The van der Waals surface area contributed by atoms with Gasteiger partial charge in [0.25, 0.3) is 0 Å². The molecule has 0 aliphatic rings. The first kappa shape index (κ1) is 17.9. The van der Waals surface area contributed by atoms with Crippen molar-refractivity contribution in [3.05, 3.63) is 35.3 Å². The highest BCUT2D eigenvalue weighted by molar-refractivity contribution is 7.13. The quantitative estimate of drug-likeness (QED) is 0.839. The van der Waals surface area contributed by atoms with E-state index in [9.17, 15) is 5.11 Å². The van der Waals surface area contributed by atoms with Gasteiger partial charge in [-0.1, -0.05) is 32.9 Å². The molecule has 0 spiro atoms. The van der Waals surface area contributed by atoms with Gasteiger partial charge < -0.3 is 9.84 Å². The summed E-state index contributed by atoms with van der Waals surface area (Å²) in [5, 5.41) is 12.3. The molecule has 0 radical (unpaired) electrons. The molecule has 0 aliphatic heterocycles. The van der Waals surface area contributed by atoms with Crippen LogP contribution in [0.2, 0.25) is 0 Å². The molecule has 0 unspecified atom stereocenters. The largest absolute Gasteiger partial charge is 0.496 e. The number of aliphatic hydroxyl groups excluding tert-OH is 1. The molecule has 0 amide bonds. The van der Waals surface area contributed by atoms with E-state index in [1.54, 1.807) is 18.4 Å². The van der Waals surface area contributed by atoms with Gasteiger partial charge in [0.1, 0.15) is 10.8 Å². The predicted octanol–water partition coefficient (Wildman–Crippen LogP) is 3.66. The Labute approximate surface area is 142 Å². The molecule has 1 heterocycles. The van der Waals surface area contributed by atoms with Gasteiger partial charge in [0.2, 0.25) is 0 Å². The van der Waals surface area contributed by atoms with Crippen LogP contribution in [0.25, 0.3) is 10.6 Å². The lowest BCUT2D eigenvalue weighted by Gasteiger charge is -2.28. The predicted molar refractivity (Wildman–Crippen MR) is 95.9 cm³/mol. The van der Waals surface area contributed by atoms with Crippen LogP contribution < -0.4 is 4.74 Å². The first-order valence-electron chi connectivity index (χ1n) is 7.84. The average Bonchev–Trinajstić information content (AvgIpc) is 2.94. The summed E-state index contributed by atoms with van der Waals surface area (Å²) in [6, 6.07) is 7.94. The molecule has 0 atom stereocenters. The van der Waals surface area contributed by atoms with E-state index in [-0.39, 0.29) is 12.0 Å². The Bertz CT molecular complexity index is 619. The zero-order chi connectivity index (χ0) is 16.9. The van der Waals surface area contributed by atoms with Gasteiger partial charge in [-0.25, -0.2) is 4.98 Å². The van der Waals surface area contributed by atoms with Crippen LogP contribution in [0, 0.1) is 5.41 Å². The lowest BCUT2D eigenvalue weighted by Crippen LogP contribution is -2.34. The number of nitrogens with zero attached hydrogens (tertiary/aromatic N) is 2. The summed E-state index contributed by atoms with van der Waals surface area (Å²) in [4.78, 5) is 7.01. The van der Waals surface area contributed by atoms with Crippen LogP contribution in [0.15, 0.2) is 29.6 Å². The molecular formula is C18H26N2O2S. The van der Waals surface area contributed by atoms with E-state index in [4.69, 9.17) is 9.72 Å². The summed E-state index contributed by atoms with van der Waals surface area (Å²) in [5.74, 6) is 0.843. The first-order chi connectivity index (χ1) is 10.9. The van der Waals surface area contributed by atoms with Gasteiger partial charge in [-0.05, 0) is 17.5 Å². The third-order valence-corrected chi connectivity index (χ3v) is 4.31. The molecule has 23 heavy (non-hydrogen) atoms. The monoisotopic (exact) mass is 334 g/mol. The van der Waals surface area contributed by atoms with Gasteiger partial charge in [-0.2, -0.15) is 0 Å². The zero-order valence-corrected chi connectivity index (χ0v) is 15.2. The van der Waals surface area contributed by atoms with Crippen LogP contribution in [0.4, 0.5) is 0 Å². The summed E-state index contributed by atoms with van der Waals surface area (Å²) < 4.78 is 5.42. The molecule has 0 aliphatic carbocycles. The SMILES string of the molecule is COc1ccccc1-c1nc(CN(CCO)CC(C)(C)C)cs1. The number of hydrogen-bond acceptors (Lipinski definition) is 5. The Hall–Kier alpha value is -1.43. The molecule has 5 heteroatoms. The second kappa shape index (κ2) is 7.90. The van der Waals surface area contributed by atoms with E-state index < -0.39 is 0 Å². The van der Waals surface area contributed by atoms with E-state index >= 15 is 0 Å². The number of aromatic nitrogens is 1. The van der Waals surface area contributed by atoms with Gasteiger partial charge >= 0.3 is 0 Å². The lowest BCUT2D eigenvalue weighted by molar-refractivity contribution is 0.145. The molecule has 0 fully saturated rings. The number of thiazole rings is 1. The van der Waals surface area contributed by atoms with Crippen LogP contribution >= 0.6 is 11.3 Å². The molecular weight excluding hydrogens is 308 g/mol. The Kier molecular flexibility index (Phi) is 6.16. The van der Waals surface area contributed by atoms with Crippen molar-refractivity contribution >= 4 is 11.3 Å². The average molecular weight is 334 g/mol. The minimum absolute atomic E-state index is 0.166. The molecule has 0 saturated heterocycles. The number of hydrogen-bond donors (Lipinski definition) is 1. The van der Waals surface area contributed by atoms with Crippen molar-refractivity contribution in [1.82, 2.24) is 9.88 Å². The molecule has 1 N–H and O–H groups in total. The molecule has 1 aromatic heterocycles. The number of ether oxygens (including phenoxy) is 1. The molecule has 0 saturated carbocycles. The summed E-state index contributed by atoms with van der Waals surface area (Å²) in [5.41, 5.74) is 2.25. The fourth-order valence-corrected chi connectivity index (χ4v) is 3.42. The highest BCUT2D eigenvalue weighted by Crippen LogP contribution is 2.32. The van der Waals surface area contributed by atoms with E-state index in [1.165, 1.54) is 0 Å². The maximum absolute atomic E-state index is 9.29. The maximum Gasteiger partial charge on any atom is 0.129 e. The van der Waals surface area contributed by atoms with Crippen molar-refractivity contribution in [1.29, 1.82) is 0 Å². The highest BCUT2D eigenvalue weighted by Gasteiger charge is 2.18. The van der Waals surface area contributed by atoms with Crippen molar-refractivity contribution in [2.45, 2.75) is 27.3 Å². The van der Waals surface area contributed by atoms with Crippen LogP contribution in [-0.2, 0) is 6.54 Å². The second-order valence-electron chi connectivity index (χ2n) is 6.84. The van der Waals surface area contributed by atoms with E-state index in [2.05, 4.69) is 31.1 Å².